The molecule has 2 heterocycles. The molecule has 4 rings (SSSR count). The molecule has 25 heavy (non-hydrogen) atoms. The largest absolute Gasteiger partial charge is 0.419 e. The van der Waals surface area contributed by atoms with Gasteiger partial charge in [0.1, 0.15) is 0 Å². The molecular formula is C19H26N2O4. The van der Waals surface area contributed by atoms with E-state index in [0.717, 1.165) is 44.3 Å². The second-order valence-corrected chi connectivity index (χ2v) is 7.19. The fourth-order valence-corrected chi connectivity index (χ4v) is 4.69. The minimum Gasteiger partial charge on any atom is -0.408 e. The lowest BCUT2D eigenvalue weighted by molar-refractivity contribution is -0.0939. The summed E-state index contributed by atoms with van der Waals surface area (Å²) in [6, 6.07) is 7.94. The molecule has 2 aliphatic rings. The van der Waals surface area contributed by atoms with Gasteiger partial charge in [-0.05, 0) is 37.8 Å². The van der Waals surface area contributed by atoms with Crippen LogP contribution in [0.5, 0.6) is 0 Å². The molecule has 1 aromatic carbocycles. The number of rotatable bonds is 5. The molecule has 0 unspecified atom stereocenters. The van der Waals surface area contributed by atoms with Gasteiger partial charge in [0.25, 0.3) is 0 Å². The molecule has 1 aliphatic carbocycles. The van der Waals surface area contributed by atoms with Crippen LogP contribution < -0.4 is 5.76 Å². The standard InChI is InChI=1S/C19H26N2O4/c1-23-14-7-8-19(24-2)9-10-20(17(19)13-14)11-12-21-15-5-3-4-6-16(15)25-18(21)22/h3-6,14,17H,7-13H2,1-2H3/t14-,17-,19+/m0/s1. The molecular weight excluding hydrogens is 320 g/mol. The third-order valence-electron chi connectivity index (χ3n) is 6.17. The number of ether oxygens (including phenoxy) is 2. The van der Waals surface area contributed by atoms with Gasteiger partial charge >= 0.3 is 5.76 Å². The van der Waals surface area contributed by atoms with Crippen molar-refractivity contribution in [2.45, 2.75) is 50.0 Å². The van der Waals surface area contributed by atoms with E-state index in [1.165, 1.54) is 0 Å². The lowest BCUT2D eigenvalue weighted by Gasteiger charge is -2.43. The molecule has 0 amide bonds. The summed E-state index contributed by atoms with van der Waals surface area (Å²) < 4.78 is 18.7. The number of benzene rings is 1. The van der Waals surface area contributed by atoms with Crippen molar-refractivity contribution >= 4 is 11.1 Å². The number of fused-ring (bicyclic) bond motifs is 2. The van der Waals surface area contributed by atoms with Crippen LogP contribution in [0, 0.1) is 0 Å². The van der Waals surface area contributed by atoms with E-state index in [9.17, 15) is 4.79 Å². The second kappa shape index (κ2) is 6.59. The summed E-state index contributed by atoms with van der Waals surface area (Å²) in [6.07, 6.45) is 4.43. The van der Waals surface area contributed by atoms with E-state index in [4.69, 9.17) is 13.9 Å². The highest BCUT2D eigenvalue weighted by Crippen LogP contribution is 2.42. The topological polar surface area (TPSA) is 56.8 Å². The fraction of sp³-hybridized carbons (Fsp3) is 0.632. The summed E-state index contributed by atoms with van der Waals surface area (Å²) in [7, 11) is 3.62. The third-order valence-corrected chi connectivity index (χ3v) is 6.17. The zero-order valence-electron chi connectivity index (χ0n) is 14.9. The Labute approximate surface area is 147 Å². The Bertz CT molecular complexity index is 798. The molecule has 0 spiro atoms. The Morgan fingerprint density at radius 2 is 2.08 bits per heavy atom. The van der Waals surface area contributed by atoms with Crippen LogP contribution in [0.3, 0.4) is 0 Å². The quantitative estimate of drug-likeness (QED) is 0.831. The van der Waals surface area contributed by atoms with E-state index in [0.29, 0.717) is 24.3 Å². The van der Waals surface area contributed by atoms with Crippen LogP contribution in [0.15, 0.2) is 33.5 Å². The average Bonchev–Trinajstić information content (AvgIpc) is 3.17. The second-order valence-electron chi connectivity index (χ2n) is 7.19. The Morgan fingerprint density at radius 3 is 2.88 bits per heavy atom. The number of hydrogen-bond donors (Lipinski definition) is 0. The first kappa shape index (κ1) is 16.8. The molecule has 1 saturated carbocycles. The predicted molar refractivity (Wildman–Crippen MR) is 94.8 cm³/mol. The summed E-state index contributed by atoms with van der Waals surface area (Å²) in [4.78, 5) is 14.6. The normalized spacial score (nSPS) is 30.0. The first-order chi connectivity index (χ1) is 12.2. The highest BCUT2D eigenvalue weighted by Gasteiger charge is 2.50. The molecule has 6 heteroatoms. The number of aromatic nitrogens is 1. The van der Waals surface area contributed by atoms with Gasteiger partial charge in [-0.3, -0.25) is 9.47 Å². The van der Waals surface area contributed by atoms with Crippen LogP contribution in [-0.4, -0.2) is 54.5 Å². The molecule has 6 nitrogen and oxygen atoms in total. The van der Waals surface area contributed by atoms with E-state index in [2.05, 4.69) is 4.90 Å². The summed E-state index contributed by atoms with van der Waals surface area (Å²) >= 11 is 0. The van der Waals surface area contributed by atoms with Gasteiger partial charge in [-0.25, -0.2) is 4.79 Å². The maximum atomic E-state index is 12.2. The molecule has 1 aromatic heterocycles. The van der Waals surface area contributed by atoms with Gasteiger partial charge < -0.3 is 13.9 Å². The molecule has 0 radical (unpaired) electrons. The van der Waals surface area contributed by atoms with Gasteiger partial charge in [0.05, 0.1) is 17.2 Å². The van der Waals surface area contributed by atoms with E-state index in [1.54, 1.807) is 11.7 Å². The van der Waals surface area contributed by atoms with Crippen molar-refractivity contribution in [3.63, 3.8) is 0 Å². The molecule has 1 saturated heterocycles. The minimum atomic E-state index is -0.281. The predicted octanol–water partition coefficient (Wildman–Crippen LogP) is 2.25. The summed E-state index contributed by atoms with van der Waals surface area (Å²) in [6.45, 7) is 2.44. The number of methoxy groups -OCH3 is 2. The van der Waals surface area contributed by atoms with Crippen LogP contribution in [0.2, 0.25) is 0 Å². The van der Waals surface area contributed by atoms with Gasteiger partial charge in [-0.1, -0.05) is 12.1 Å². The smallest absolute Gasteiger partial charge is 0.408 e. The SMILES string of the molecule is CO[C@H]1CC[C@@]2(OC)CCN(CCn3c(=O)oc4ccccc43)[C@H]2C1. The van der Waals surface area contributed by atoms with Crippen LogP contribution >= 0.6 is 0 Å². The van der Waals surface area contributed by atoms with Crippen LogP contribution in [0.1, 0.15) is 25.7 Å². The van der Waals surface area contributed by atoms with Crippen molar-refractivity contribution in [3.8, 4) is 0 Å². The highest BCUT2D eigenvalue weighted by molar-refractivity contribution is 5.72. The van der Waals surface area contributed by atoms with Crippen molar-refractivity contribution in [2.75, 3.05) is 27.3 Å². The third kappa shape index (κ3) is 2.82. The van der Waals surface area contributed by atoms with Crippen molar-refractivity contribution < 1.29 is 13.9 Å². The van der Waals surface area contributed by atoms with Crippen LogP contribution in [-0.2, 0) is 16.0 Å². The minimum absolute atomic E-state index is 0.0571. The van der Waals surface area contributed by atoms with Crippen molar-refractivity contribution in [2.24, 2.45) is 0 Å². The lowest BCUT2D eigenvalue weighted by Crippen LogP contribution is -2.52. The number of nitrogens with zero attached hydrogens (tertiary/aromatic N) is 2. The zero-order valence-corrected chi connectivity index (χ0v) is 14.9. The summed E-state index contributed by atoms with van der Waals surface area (Å²) in [5.74, 6) is -0.281. The zero-order chi connectivity index (χ0) is 17.4. The lowest BCUT2D eigenvalue weighted by atomic mass is 9.79. The molecule has 0 N–H and O–H groups in total. The number of likely N-dealkylation sites (tertiary alicyclic amines) is 1. The average molecular weight is 346 g/mol. The molecule has 136 valence electrons. The van der Waals surface area contributed by atoms with Crippen LogP contribution in [0.25, 0.3) is 11.1 Å². The number of oxazole rings is 1. The van der Waals surface area contributed by atoms with E-state index >= 15 is 0 Å². The fourth-order valence-electron chi connectivity index (χ4n) is 4.69. The van der Waals surface area contributed by atoms with Gasteiger partial charge in [-0.15, -0.1) is 0 Å². The molecule has 3 atom stereocenters. The molecule has 2 aromatic rings. The van der Waals surface area contributed by atoms with Crippen LogP contribution in [0.4, 0.5) is 0 Å². The van der Waals surface area contributed by atoms with Crippen molar-refractivity contribution in [1.29, 1.82) is 0 Å². The Morgan fingerprint density at radius 1 is 1.24 bits per heavy atom. The summed E-state index contributed by atoms with van der Waals surface area (Å²) in [5.41, 5.74) is 1.46. The van der Waals surface area contributed by atoms with Crippen molar-refractivity contribution in [3.05, 3.63) is 34.8 Å². The molecule has 0 bridgehead atoms. The summed E-state index contributed by atoms with van der Waals surface area (Å²) in [5, 5.41) is 0. The first-order valence-electron chi connectivity index (χ1n) is 9.07. The van der Waals surface area contributed by atoms with Gasteiger partial charge in [0.15, 0.2) is 5.58 Å². The molecule has 1 aliphatic heterocycles. The van der Waals surface area contributed by atoms with Gasteiger partial charge in [0, 0.05) is 39.9 Å². The Hall–Kier alpha value is -1.63. The Kier molecular flexibility index (Phi) is 4.43. The van der Waals surface area contributed by atoms with Crippen molar-refractivity contribution in [1.82, 2.24) is 9.47 Å². The molecule has 2 fully saturated rings. The number of para-hydroxylation sites is 2. The Balaban J connectivity index is 1.52. The van der Waals surface area contributed by atoms with E-state index < -0.39 is 0 Å². The van der Waals surface area contributed by atoms with Gasteiger partial charge in [-0.2, -0.15) is 0 Å². The van der Waals surface area contributed by atoms with Gasteiger partial charge in [0.2, 0.25) is 0 Å². The maximum absolute atomic E-state index is 12.2. The maximum Gasteiger partial charge on any atom is 0.419 e. The van der Waals surface area contributed by atoms with E-state index in [1.807, 2.05) is 31.4 Å². The van der Waals surface area contributed by atoms with E-state index in [-0.39, 0.29) is 11.4 Å². The number of hydrogen-bond acceptors (Lipinski definition) is 5. The first-order valence-corrected chi connectivity index (χ1v) is 9.07. The monoisotopic (exact) mass is 346 g/mol. The highest BCUT2D eigenvalue weighted by atomic mass is 16.5.